The van der Waals surface area contributed by atoms with Gasteiger partial charge in [0.1, 0.15) is 12.4 Å². The van der Waals surface area contributed by atoms with Gasteiger partial charge in [0, 0.05) is 26.0 Å². The molecule has 2 aromatic rings. The molecule has 102 valence electrons. The van der Waals surface area contributed by atoms with Crippen LogP contribution in [0, 0.1) is 0 Å². The van der Waals surface area contributed by atoms with Crippen molar-refractivity contribution in [2.75, 3.05) is 38.6 Å². The Bertz CT molecular complexity index is 547. The van der Waals surface area contributed by atoms with Crippen LogP contribution in [0.1, 0.15) is 12.8 Å². The predicted molar refractivity (Wildman–Crippen MR) is 73.7 cm³/mol. The standard InChI is InChI=1S/C13H19N5O/c1-14-11-10-18-7-4-15-12(18)13(16-11)19-9-8-17-5-2-3-6-17/h4,7,10,14H,2-3,5-6,8-9H2,1H3. The number of fused-ring (bicyclic) bond motifs is 1. The van der Waals surface area contributed by atoms with Crippen LogP contribution in [0.4, 0.5) is 5.82 Å². The maximum absolute atomic E-state index is 5.81. The summed E-state index contributed by atoms with van der Waals surface area (Å²) < 4.78 is 7.73. The summed E-state index contributed by atoms with van der Waals surface area (Å²) in [5.74, 6) is 1.37. The number of aromatic nitrogens is 3. The zero-order chi connectivity index (χ0) is 13.1. The molecular weight excluding hydrogens is 242 g/mol. The smallest absolute Gasteiger partial charge is 0.260 e. The van der Waals surface area contributed by atoms with E-state index in [0.29, 0.717) is 12.5 Å². The van der Waals surface area contributed by atoms with Crippen molar-refractivity contribution >= 4 is 11.5 Å². The number of anilines is 1. The van der Waals surface area contributed by atoms with E-state index in [9.17, 15) is 0 Å². The SMILES string of the molecule is CNc1cn2ccnc2c(OCCN2CCCC2)n1. The fraction of sp³-hybridized carbons (Fsp3) is 0.538. The fourth-order valence-corrected chi connectivity index (χ4v) is 2.40. The number of imidazole rings is 1. The Morgan fingerprint density at radius 3 is 3.00 bits per heavy atom. The van der Waals surface area contributed by atoms with Gasteiger partial charge in [-0.1, -0.05) is 0 Å². The summed E-state index contributed by atoms with van der Waals surface area (Å²) >= 11 is 0. The Morgan fingerprint density at radius 2 is 2.21 bits per heavy atom. The maximum Gasteiger partial charge on any atom is 0.260 e. The van der Waals surface area contributed by atoms with Crippen molar-refractivity contribution in [3.63, 3.8) is 0 Å². The second kappa shape index (κ2) is 5.44. The molecule has 0 atom stereocenters. The molecule has 1 saturated heterocycles. The molecule has 0 aliphatic carbocycles. The number of nitrogens with one attached hydrogen (secondary N) is 1. The third-order valence-corrected chi connectivity index (χ3v) is 3.44. The molecule has 3 heterocycles. The molecule has 1 aliphatic heterocycles. The van der Waals surface area contributed by atoms with Crippen molar-refractivity contribution in [2.24, 2.45) is 0 Å². The Balaban J connectivity index is 1.70. The lowest BCUT2D eigenvalue weighted by molar-refractivity contribution is 0.233. The van der Waals surface area contributed by atoms with E-state index in [1.54, 1.807) is 6.20 Å². The number of rotatable bonds is 5. The molecule has 3 rings (SSSR count). The largest absolute Gasteiger partial charge is 0.474 e. The maximum atomic E-state index is 5.81. The molecule has 0 bridgehead atoms. The monoisotopic (exact) mass is 261 g/mol. The first kappa shape index (κ1) is 12.2. The average molecular weight is 261 g/mol. The molecule has 6 heteroatoms. The first-order valence-electron chi connectivity index (χ1n) is 6.73. The van der Waals surface area contributed by atoms with E-state index in [2.05, 4.69) is 20.2 Å². The van der Waals surface area contributed by atoms with Crippen LogP contribution in [-0.2, 0) is 0 Å². The molecule has 1 fully saturated rings. The van der Waals surface area contributed by atoms with Crippen LogP contribution in [0.15, 0.2) is 18.6 Å². The van der Waals surface area contributed by atoms with Gasteiger partial charge in [-0.05, 0) is 25.9 Å². The van der Waals surface area contributed by atoms with E-state index in [4.69, 9.17) is 4.74 Å². The highest BCUT2D eigenvalue weighted by molar-refractivity contribution is 5.53. The lowest BCUT2D eigenvalue weighted by atomic mass is 10.4. The number of nitrogens with zero attached hydrogens (tertiary/aromatic N) is 4. The first-order chi connectivity index (χ1) is 9.36. The minimum atomic E-state index is 0.594. The minimum Gasteiger partial charge on any atom is -0.474 e. The van der Waals surface area contributed by atoms with Crippen LogP contribution >= 0.6 is 0 Å². The number of likely N-dealkylation sites (tertiary alicyclic amines) is 1. The van der Waals surface area contributed by atoms with Gasteiger partial charge in [0.2, 0.25) is 5.65 Å². The summed E-state index contributed by atoms with van der Waals surface area (Å²) in [5.41, 5.74) is 0.764. The second-order valence-electron chi connectivity index (χ2n) is 4.74. The highest BCUT2D eigenvalue weighted by Crippen LogP contribution is 2.18. The van der Waals surface area contributed by atoms with E-state index in [-0.39, 0.29) is 0 Å². The molecule has 19 heavy (non-hydrogen) atoms. The van der Waals surface area contributed by atoms with E-state index in [1.807, 2.05) is 23.8 Å². The molecule has 2 aromatic heterocycles. The number of hydrogen-bond donors (Lipinski definition) is 1. The Kier molecular flexibility index (Phi) is 3.50. The van der Waals surface area contributed by atoms with Crippen LogP contribution in [0.5, 0.6) is 5.88 Å². The highest BCUT2D eigenvalue weighted by Gasteiger charge is 2.12. The molecule has 6 nitrogen and oxygen atoms in total. The van der Waals surface area contributed by atoms with Crippen LogP contribution < -0.4 is 10.1 Å². The molecule has 0 amide bonds. The lowest BCUT2D eigenvalue weighted by Gasteiger charge is -2.15. The summed E-state index contributed by atoms with van der Waals surface area (Å²) in [6.07, 6.45) is 8.15. The summed E-state index contributed by atoms with van der Waals surface area (Å²) in [6, 6.07) is 0. The first-order valence-corrected chi connectivity index (χ1v) is 6.73. The van der Waals surface area contributed by atoms with Crippen LogP contribution in [0.2, 0.25) is 0 Å². The van der Waals surface area contributed by atoms with Gasteiger partial charge in [-0.3, -0.25) is 9.30 Å². The van der Waals surface area contributed by atoms with Gasteiger partial charge in [-0.15, -0.1) is 0 Å². The lowest BCUT2D eigenvalue weighted by Crippen LogP contribution is -2.25. The van der Waals surface area contributed by atoms with Gasteiger partial charge >= 0.3 is 0 Å². The van der Waals surface area contributed by atoms with Gasteiger partial charge in [0.15, 0.2) is 0 Å². The second-order valence-corrected chi connectivity index (χ2v) is 4.74. The molecule has 1 aliphatic rings. The molecule has 0 spiro atoms. The van der Waals surface area contributed by atoms with E-state index in [0.717, 1.165) is 18.0 Å². The molecule has 1 N–H and O–H groups in total. The highest BCUT2D eigenvalue weighted by atomic mass is 16.5. The van der Waals surface area contributed by atoms with Gasteiger partial charge in [-0.25, -0.2) is 4.98 Å². The molecule has 0 radical (unpaired) electrons. The van der Waals surface area contributed by atoms with E-state index >= 15 is 0 Å². The van der Waals surface area contributed by atoms with Crippen LogP contribution in [-0.4, -0.2) is 52.6 Å². The van der Waals surface area contributed by atoms with Gasteiger partial charge in [-0.2, -0.15) is 4.98 Å². The van der Waals surface area contributed by atoms with Crippen molar-refractivity contribution in [3.05, 3.63) is 18.6 Å². The van der Waals surface area contributed by atoms with Crippen molar-refractivity contribution in [3.8, 4) is 5.88 Å². The van der Waals surface area contributed by atoms with Crippen molar-refractivity contribution in [2.45, 2.75) is 12.8 Å². The molecule has 0 unspecified atom stereocenters. The molecular formula is C13H19N5O. The topological polar surface area (TPSA) is 54.7 Å². The third kappa shape index (κ3) is 2.63. The van der Waals surface area contributed by atoms with E-state index < -0.39 is 0 Å². The predicted octanol–water partition coefficient (Wildman–Crippen LogP) is 1.25. The van der Waals surface area contributed by atoms with Crippen molar-refractivity contribution < 1.29 is 4.74 Å². The minimum absolute atomic E-state index is 0.594. The zero-order valence-electron chi connectivity index (χ0n) is 11.2. The summed E-state index contributed by atoms with van der Waals surface area (Å²) in [4.78, 5) is 11.1. The Morgan fingerprint density at radius 1 is 1.37 bits per heavy atom. The van der Waals surface area contributed by atoms with Crippen molar-refractivity contribution in [1.82, 2.24) is 19.3 Å². The third-order valence-electron chi connectivity index (χ3n) is 3.44. The summed E-state index contributed by atoms with van der Waals surface area (Å²) in [5, 5.41) is 3.03. The molecule has 0 saturated carbocycles. The Labute approximate surface area is 112 Å². The van der Waals surface area contributed by atoms with Gasteiger partial charge in [0.05, 0.1) is 6.20 Å². The molecule has 0 aromatic carbocycles. The summed E-state index contributed by atoms with van der Waals surface area (Å²) in [7, 11) is 1.85. The van der Waals surface area contributed by atoms with E-state index in [1.165, 1.54) is 25.9 Å². The quantitative estimate of drug-likeness (QED) is 0.877. The average Bonchev–Trinajstić information content (AvgIpc) is 3.08. The Hall–Kier alpha value is -1.82. The zero-order valence-corrected chi connectivity index (χ0v) is 11.2. The summed E-state index contributed by atoms with van der Waals surface area (Å²) in [6.45, 7) is 3.99. The fourth-order valence-electron chi connectivity index (χ4n) is 2.40. The normalized spacial score (nSPS) is 16.1. The van der Waals surface area contributed by atoms with Crippen LogP contribution in [0.25, 0.3) is 5.65 Å². The van der Waals surface area contributed by atoms with Gasteiger partial charge < -0.3 is 10.1 Å². The number of hydrogen-bond acceptors (Lipinski definition) is 5. The van der Waals surface area contributed by atoms with Gasteiger partial charge in [0.25, 0.3) is 5.88 Å². The van der Waals surface area contributed by atoms with Crippen LogP contribution in [0.3, 0.4) is 0 Å². The van der Waals surface area contributed by atoms with Crippen molar-refractivity contribution in [1.29, 1.82) is 0 Å². The number of ether oxygens (including phenoxy) is 1.